The fourth-order valence-electron chi connectivity index (χ4n) is 2.03. The summed E-state index contributed by atoms with van der Waals surface area (Å²) in [6.45, 7) is 4.72. The molecular formula is C15H19N3O2. The van der Waals surface area contributed by atoms with Crippen LogP contribution in [-0.4, -0.2) is 22.2 Å². The average Bonchev–Trinajstić information content (AvgIpc) is 2.42. The average molecular weight is 273 g/mol. The number of aromatic nitrogens is 2. The number of nitrogens with zero attached hydrogens (tertiary/aromatic N) is 2. The minimum atomic E-state index is -0.406. The molecule has 20 heavy (non-hydrogen) atoms. The van der Waals surface area contributed by atoms with Crippen LogP contribution in [0.2, 0.25) is 0 Å². The van der Waals surface area contributed by atoms with Gasteiger partial charge in [-0.15, -0.1) is 0 Å². The number of aryl methyl sites for hydroxylation is 1. The predicted octanol–water partition coefficient (Wildman–Crippen LogP) is 1.71. The van der Waals surface area contributed by atoms with Crippen LogP contribution in [0.1, 0.15) is 30.8 Å². The number of amides is 1. The maximum atomic E-state index is 12.3. The first-order valence-electron chi connectivity index (χ1n) is 6.75. The molecule has 5 nitrogen and oxygen atoms in total. The van der Waals surface area contributed by atoms with Crippen molar-refractivity contribution in [2.45, 2.75) is 20.3 Å². The smallest absolute Gasteiger partial charge is 0.275 e. The van der Waals surface area contributed by atoms with Gasteiger partial charge < -0.3 is 5.32 Å². The monoisotopic (exact) mass is 273 g/mol. The molecular weight excluding hydrogens is 254 g/mol. The summed E-state index contributed by atoms with van der Waals surface area (Å²) in [6, 6.07) is 7.14. The quantitative estimate of drug-likeness (QED) is 0.922. The molecule has 0 aliphatic carbocycles. The molecule has 1 amide bonds. The number of para-hydroxylation sites is 1. The van der Waals surface area contributed by atoms with E-state index in [1.807, 2.05) is 12.1 Å². The van der Waals surface area contributed by atoms with E-state index in [0.717, 1.165) is 11.9 Å². The first kappa shape index (κ1) is 14.2. The summed E-state index contributed by atoms with van der Waals surface area (Å²) in [5.74, 6) is 0.0969. The second-order valence-corrected chi connectivity index (χ2v) is 5.26. The molecule has 2 rings (SSSR count). The third kappa shape index (κ3) is 2.87. The lowest BCUT2D eigenvalue weighted by molar-refractivity contribution is 0.0944. The van der Waals surface area contributed by atoms with Crippen molar-refractivity contribution in [1.82, 2.24) is 15.1 Å². The summed E-state index contributed by atoms with van der Waals surface area (Å²) in [4.78, 5) is 24.3. The van der Waals surface area contributed by atoms with Crippen LogP contribution in [0, 0.1) is 5.92 Å². The number of fused-ring (bicyclic) bond motifs is 1. The maximum Gasteiger partial charge on any atom is 0.275 e. The first-order chi connectivity index (χ1) is 9.50. The van der Waals surface area contributed by atoms with Crippen molar-refractivity contribution in [3.8, 4) is 0 Å². The van der Waals surface area contributed by atoms with Crippen LogP contribution in [0.3, 0.4) is 0 Å². The summed E-state index contributed by atoms with van der Waals surface area (Å²) in [7, 11) is 1.73. The molecule has 0 radical (unpaired) electrons. The Morgan fingerprint density at radius 3 is 2.75 bits per heavy atom. The van der Waals surface area contributed by atoms with Crippen LogP contribution >= 0.6 is 0 Å². The number of hydrogen-bond donors (Lipinski definition) is 1. The zero-order chi connectivity index (χ0) is 14.7. The maximum absolute atomic E-state index is 12.3. The van der Waals surface area contributed by atoms with Gasteiger partial charge in [-0.05, 0) is 24.5 Å². The summed E-state index contributed by atoms with van der Waals surface area (Å²) in [6.07, 6.45) is 0.875. The molecule has 0 bridgehead atoms. The van der Waals surface area contributed by atoms with Crippen LogP contribution in [0.25, 0.3) is 10.9 Å². The number of rotatable bonds is 4. The fourth-order valence-corrected chi connectivity index (χ4v) is 2.03. The van der Waals surface area contributed by atoms with Crippen molar-refractivity contribution in [2.75, 3.05) is 6.54 Å². The van der Waals surface area contributed by atoms with Gasteiger partial charge in [-0.2, -0.15) is 5.10 Å². The molecule has 0 unspecified atom stereocenters. The third-order valence-corrected chi connectivity index (χ3v) is 3.18. The Hall–Kier alpha value is -2.17. The second kappa shape index (κ2) is 5.86. The van der Waals surface area contributed by atoms with Crippen molar-refractivity contribution in [1.29, 1.82) is 0 Å². The van der Waals surface area contributed by atoms with Crippen molar-refractivity contribution >= 4 is 16.8 Å². The molecule has 0 saturated heterocycles. The Bertz CT molecular complexity index is 689. The Kier molecular flexibility index (Phi) is 4.17. The van der Waals surface area contributed by atoms with Gasteiger partial charge in [0.15, 0.2) is 5.69 Å². The van der Waals surface area contributed by atoms with Crippen molar-refractivity contribution in [2.24, 2.45) is 13.0 Å². The number of nitrogens with one attached hydrogen (secondary N) is 1. The topological polar surface area (TPSA) is 64.0 Å². The van der Waals surface area contributed by atoms with Gasteiger partial charge in [0.25, 0.3) is 5.91 Å². The lowest BCUT2D eigenvalue weighted by atomic mass is 10.1. The van der Waals surface area contributed by atoms with Gasteiger partial charge >= 0.3 is 0 Å². The second-order valence-electron chi connectivity index (χ2n) is 5.26. The molecule has 0 saturated carbocycles. The van der Waals surface area contributed by atoms with Gasteiger partial charge in [-0.3, -0.25) is 14.3 Å². The zero-order valence-electron chi connectivity index (χ0n) is 12.0. The van der Waals surface area contributed by atoms with Crippen LogP contribution in [-0.2, 0) is 7.05 Å². The van der Waals surface area contributed by atoms with Gasteiger partial charge in [-0.1, -0.05) is 26.0 Å². The van der Waals surface area contributed by atoms with Crippen molar-refractivity contribution in [3.05, 3.63) is 40.2 Å². The van der Waals surface area contributed by atoms with E-state index in [4.69, 9.17) is 0 Å². The molecule has 0 spiro atoms. The highest BCUT2D eigenvalue weighted by molar-refractivity contribution is 5.95. The van der Waals surface area contributed by atoms with E-state index < -0.39 is 5.91 Å². The molecule has 0 aliphatic heterocycles. The van der Waals surface area contributed by atoms with Crippen LogP contribution < -0.4 is 10.7 Å². The number of hydrogen-bond acceptors (Lipinski definition) is 3. The SMILES string of the molecule is CC(C)CCNC(=O)c1nn(C)c2ccccc2c1=O. The highest BCUT2D eigenvalue weighted by atomic mass is 16.2. The minimum Gasteiger partial charge on any atom is -0.351 e. The Balaban J connectivity index is 2.33. The van der Waals surface area contributed by atoms with E-state index in [9.17, 15) is 9.59 Å². The highest BCUT2D eigenvalue weighted by Gasteiger charge is 2.15. The standard InChI is InChI=1S/C15H19N3O2/c1-10(2)8-9-16-15(20)13-14(19)11-6-4-5-7-12(11)18(3)17-13/h4-7,10H,8-9H2,1-3H3,(H,16,20). The molecule has 106 valence electrons. The summed E-state index contributed by atoms with van der Waals surface area (Å²) < 4.78 is 1.56. The normalized spacial score (nSPS) is 11.0. The van der Waals surface area contributed by atoms with Crippen LogP contribution in [0.4, 0.5) is 0 Å². The zero-order valence-corrected chi connectivity index (χ0v) is 12.0. The third-order valence-electron chi connectivity index (χ3n) is 3.18. The van der Waals surface area contributed by atoms with Crippen LogP contribution in [0.5, 0.6) is 0 Å². The van der Waals surface area contributed by atoms with Crippen molar-refractivity contribution in [3.63, 3.8) is 0 Å². The Morgan fingerprint density at radius 1 is 1.35 bits per heavy atom. The molecule has 2 aromatic rings. The first-order valence-corrected chi connectivity index (χ1v) is 6.75. The molecule has 0 atom stereocenters. The molecule has 0 fully saturated rings. The summed E-state index contributed by atoms with van der Waals surface area (Å²) in [5, 5.41) is 7.35. The highest BCUT2D eigenvalue weighted by Crippen LogP contribution is 2.08. The fraction of sp³-hybridized carbons (Fsp3) is 0.400. The van der Waals surface area contributed by atoms with Crippen LogP contribution in [0.15, 0.2) is 29.1 Å². The minimum absolute atomic E-state index is 0.0463. The summed E-state index contributed by atoms with van der Waals surface area (Å²) >= 11 is 0. The van der Waals surface area contributed by atoms with Gasteiger partial charge in [0, 0.05) is 19.0 Å². The van der Waals surface area contributed by atoms with E-state index in [1.165, 1.54) is 0 Å². The Labute approximate surface area is 117 Å². The number of benzene rings is 1. The Morgan fingerprint density at radius 2 is 2.05 bits per heavy atom. The lowest BCUT2D eigenvalue weighted by Gasteiger charge is -2.09. The van der Waals surface area contributed by atoms with E-state index in [2.05, 4.69) is 24.3 Å². The van der Waals surface area contributed by atoms with E-state index in [-0.39, 0.29) is 11.1 Å². The number of carbonyl (C=O) groups excluding carboxylic acids is 1. The largest absolute Gasteiger partial charge is 0.351 e. The molecule has 1 aromatic heterocycles. The lowest BCUT2D eigenvalue weighted by Crippen LogP contribution is -2.32. The predicted molar refractivity (Wildman–Crippen MR) is 78.8 cm³/mol. The molecule has 0 aliphatic rings. The van der Waals surface area contributed by atoms with E-state index in [0.29, 0.717) is 17.8 Å². The molecule has 5 heteroatoms. The summed E-state index contributed by atoms with van der Waals surface area (Å²) in [5.41, 5.74) is 0.354. The number of carbonyl (C=O) groups is 1. The van der Waals surface area contributed by atoms with E-state index in [1.54, 1.807) is 23.9 Å². The van der Waals surface area contributed by atoms with E-state index >= 15 is 0 Å². The van der Waals surface area contributed by atoms with Gasteiger partial charge in [0.2, 0.25) is 5.43 Å². The van der Waals surface area contributed by atoms with Crippen molar-refractivity contribution < 1.29 is 4.79 Å². The van der Waals surface area contributed by atoms with Gasteiger partial charge in [-0.25, -0.2) is 0 Å². The molecule has 1 heterocycles. The van der Waals surface area contributed by atoms with Gasteiger partial charge in [0.05, 0.1) is 5.52 Å². The molecule has 1 aromatic carbocycles. The molecule has 1 N–H and O–H groups in total. The van der Waals surface area contributed by atoms with Gasteiger partial charge in [0.1, 0.15) is 0 Å².